The molecule has 1 atom stereocenters. The van der Waals surface area contributed by atoms with Crippen molar-refractivity contribution in [3.8, 4) is 5.75 Å². The van der Waals surface area contributed by atoms with Crippen molar-refractivity contribution in [1.82, 2.24) is 4.57 Å². The summed E-state index contributed by atoms with van der Waals surface area (Å²) < 4.78 is 7.79. The van der Waals surface area contributed by atoms with Crippen molar-refractivity contribution >= 4 is 10.9 Å². The van der Waals surface area contributed by atoms with Crippen LogP contribution in [-0.4, -0.2) is 22.3 Å². The van der Waals surface area contributed by atoms with Crippen LogP contribution in [0.15, 0.2) is 18.2 Å². The van der Waals surface area contributed by atoms with Crippen LogP contribution in [0.5, 0.6) is 5.75 Å². The second-order valence-electron chi connectivity index (χ2n) is 5.16. The average molecular weight is 262 g/mol. The molecule has 19 heavy (non-hydrogen) atoms. The molecular weight excluding hydrogens is 240 g/mol. The van der Waals surface area contributed by atoms with Crippen molar-refractivity contribution in [2.75, 3.05) is 6.54 Å². The number of benzene rings is 1. The first-order valence-electron chi connectivity index (χ1n) is 6.59. The number of ether oxygens (including phenoxy) is 1. The largest absolute Gasteiger partial charge is 0.491 e. The Balaban J connectivity index is 2.62. The maximum absolute atomic E-state index is 10.1. The van der Waals surface area contributed by atoms with Gasteiger partial charge in [-0.1, -0.05) is 0 Å². The van der Waals surface area contributed by atoms with Crippen LogP contribution in [0.4, 0.5) is 0 Å². The number of hydrogen-bond acceptors (Lipinski definition) is 3. The number of nitrogens with zero attached hydrogens (tertiary/aromatic N) is 1. The van der Waals surface area contributed by atoms with Crippen LogP contribution in [-0.2, 0) is 7.05 Å². The number of nitrogens with two attached hydrogens (primary N) is 1. The summed E-state index contributed by atoms with van der Waals surface area (Å²) in [7, 11) is 1.99. The maximum Gasteiger partial charge on any atom is 0.120 e. The van der Waals surface area contributed by atoms with E-state index in [0.29, 0.717) is 0 Å². The lowest BCUT2D eigenvalue weighted by molar-refractivity contribution is 0.187. The van der Waals surface area contributed by atoms with Gasteiger partial charge in [-0.05, 0) is 39.0 Å². The highest BCUT2D eigenvalue weighted by Gasteiger charge is 2.18. The molecule has 0 spiro atoms. The predicted molar refractivity (Wildman–Crippen MR) is 77.4 cm³/mol. The Morgan fingerprint density at radius 3 is 2.63 bits per heavy atom. The third-order valence-corrected chi connectivity index (χ3v) is 3.44. The summed E-state index contributed by atoms with van der Waals surface area (Å²) in [5, 5.41) is 11.1. The van der Waals surface area contributed by atoms with Gasteiger partial charge >= 0.3 is 0 Å². The van der Waals surface area contributed by atoms with Gasteiger partial charge in [-0.15, -0.1) is 0 Å². The van der Waals surface area contributed by atoms with Crippen molar-refractivity contribution in [1.29, 1.82) is 0 Å². The first kappa shape index (κ1) is 13.9. The van der Waals surface area contributed by atoms with Crippen LogP contribution in [0.25, 0.3) is 10.9 Å². The monoisotopic (exact) mass is 262 g/mol. The summed E-state index contributed by atoms with van der Waals surface area (Å²) in [6.07, 6.45) is -0.511. The lowest BCUT2D eigenvalue weighted by Crippen LogP contribution is -2.12. The van der Waals surface area contributed by atoms with Crippen molar-refractivity contribution in [3.63, 3.8) is 0 Å². The summed E-state index contributed by atoms with van der Waals surface area (Å²) in [5.41, 5.74) is 8.62. The van der Waals surface area contributed by atoms with Crippen LogP contribution in [0.3, 0.4) is 0 Å². The normalized spacial score (nSPS) is 13.2. The molecule has 4 heteroatoms. The van der Waals surface area contributed by atoms with E-state index >= 15 is 0 Å². The number of aryl methyl sites for hydroxylation is 1. The molecular formula is C15H22N2O2. The van der Waals surface area contributed by atoms with Gasteiger partial charge in [-0.25, -0.2) is 0 Å². The zero-order chi connectivity index (χ0) is 14.2. The molecule has 1 aromatic carbocycles. The number of fused-ring (bicyclic) bond motifs is 1. The fourth-order valence-electron chi connectivity index (χ4n) is 2.46. The molecule has 0 saturated carbocycles. The standard InChI is InChI=1S/C15H22N2O2/c1-9(2)19-11-5-6-13-12(7-11)15(14(18)8-16)10(3)17(13)4/h5-7,9,14,18H,8,16H2,1-4H3. The zero-order valence-electron chi connectivity index (χ0n) is 12.0. The molecule has 1 unspecified atom stereocenters. The van der Waals surface area contributed by atoms with E-state index in [2.05, 4.69) is 4.57 Å². The third kappa shape index (κ3) is 2.46. The fraction of sp³-hybridized carbons (Fsp3) is 0.467. The molecule has 0 radical (unpaired) electrons. The zero-order valence-corrected chi connectivity index (χ0v) is 12.0. The van der Waals surface area contributed by atoms with Gasteiger partial charge in [0.05, 0.1) is 12.2 Å². The maximum atomic E-state index is 10.1. The van der Waals surface area contributed by atoms with E-state index in [1.165, 1.54) is 0 Å². The summed E-state index contributed by atoms with van der Waals surface area (Å²) >= 11 is 0. The Hall–Kier alpha value is -1.52. The Morgan fingerprint density at radius 2 is 2.05 bits per heavy atom. The number of rotatable bonds is 4. The van der Waals surface area contributed by atoms with Crippen LogP contribution in [0.2, 0.25) is 0 Å². The number of aliphatic hydroxyl groups excluding tert-OH is 1. The Labute approximate surface area is 113 Å². The highest BCUT2D eigenvalue weighted by atomic mass is 16.5. The van der Waals surface area contributed by atoms with Gasteiger partial charge in [-0.3, -0.25) is 0 Å². The molecule has 1 aromatic heterocycles. The number of aromatic nitrogens is 1. The Bertz CT molecular complexity index is 587. The molecule has 0 fully saturated rings. The number of aliphatic hydroxyl groups is 1. The first-order valence-corrected chi connectivity index (χ1v) is 6.59. The van der Waals surface area contributed by atoms with Crippen LogP contribution in [0.1, 0.15) is 31.2 Å². The van der Waals surface area contributed by atoms with E-state index in [9.17, 15) is 5.11 Å². The van der Waals surface area contributed by atoms with Gasteiger partial charge in [0.1, 0.15) is 5.75 Å². The molecule has 104 valence electrons. The SMILES string of the molecule is Cc1c(C(O)CN)c2cc(OC(C)C)ccc2n1C. The average Bonchev–Trinajstić information content (AvgIpc) is 2.60. The van der Waals surface area contributed by atoms with Crippen molar-refractivity contribution < 1.29 is 9.84 Å². The van der Waals surface area contributed by atoms with E-state index in [4.69, 9.17) is 10.5 Å². The Kier molecular flexibility index (Phi) is 3.83. The van der Waals surface area contributed by atoms with Crippen LogP contribution in [0, 0.1) is 6.92 Å². The molecule has 0 aliphatic rings. The van der Waals surface area contributed by atoms with Gasteiger partial charge in [-0.2, -0.15) is 0 Å². The molecule has 0 bridgehead atoms. The van der Waals surface area contributed by atoms with Gasteiger partial charge in [0.25, 0.3) is 0 Å². The molecule has 4 nitrogen and oxygen atoms in total. The number of hydrogen-bond donors (Lipinski definition) is 2. The van der Waals surface area contributed by atoms with Crippen molar-refractivity contribution in [2.24, 2.45) is 12.8 Å². The van der Waals surface area contributed by atoms with Crippen LogP contribution >= 0.6 is 0 Å². The van der Waals surface area contributed by atoms with Crippen molar-refractivity contribution in [3.05, 3.63) is 29.5 Å². The molecule has 1 heterocycles. The van der Waals surface area contributed by atoms with Gasteiger partial charge in [0.2, 0.25) is 0 Å². The second kappa shape index (κ2) is 5.23. The summed E-state index contributed by atoms with van der Waals surface area (Å²) in [5.74, 6) is 0.818. The van der Waals surface area contributed by atoms with Crippen molar-refractivity contribution in [2.45, 2.75) is 33.0 Å². The first-order chi connectivity index (χ1) is 8.95. The van der Waals surface area contributed by atoms with Gasteiger partial charge in [0, 0.05) is 35.8 Å². The predicted octanol–water partition coefficient (Wildman–Crippen LogP) is 2.27. The molecule has 0 aliphatic carbocycles. The van der Waals surface area contributed by atoms with E-state index in [1.54, 1.807) is 0 Å². The molecule has 3 N–H and O–H groups in total. The topological polar surface area (TPSA) is 60.4 Å². The highest BCUT2D eigenvalue weighted by Crippen LogP contribution is 2.32. The molecule has 2 aromatic rings. The fourth-order valence-corrected chi connectivity index (χ4v) is 2.46. The van der Waals surface area contributed by atoms with Gasteiger partial charge in [0.15, 0.2) is 0 Å². The lowest BCUT2D eigenvalue weighted by atomic mass is 10.1. The molecule has 2 rings (SSSR count). The summed E-state index contributed by atoms with van der Waals surface area (Å²) in [6, 6.07) is 5.96. The minimum absolute atomic E-state index is 0.130. The molecule has 0 aliphatic heterocycles. The van der Waals surface area contributed by atoms with Crippen LogP contribution < -0.4 is 10.5 Å². The lowest BCUT2D eigenvalue weighted by Gasteiger charge is -2.11. The van der Waals surface area contributed by atoms with E-state index in [0.717, 1.165) is 27.9 Å². The summed E-state index contributed by atoms with van der Waals surface area (Å²) in [6.45, 7) is 6.21. The quantitative estimate of drug-likeness (QED) is 0.888. The van der Waals surface area contributed by atoms with E-state index in [-0.39, 0.29) is 12.6 Å². The highest BCUT2D eigenvalue weighted by molar-refractivity contribution is 5.87. The minimum Gasteiger partial charge on any atom is -0.491 e. The third-order valence-electron chi connectivity index (χ3n) is 3.44. The molecule has 0 amide bonds. The van der Waals surface area contributed by atoms with E-state index < -0.39 is 6.10 Å². The second-order valence-corrected chi connectivity index (χ2v) is 5.16. The summed E-state index contributed by atoms with van der Waals surface area (Å²) in [4.78, 5) is 0. The Morgan fingerprint density at radius 1 is 1.37 bits per heavy atom. The van der Waals surface area contributed by atoms with E-state index in [1.807, 2.05) is 46.0 Å². The minimum atomic E-state index is -0.641. The molecule has 0 saturated heterocycles. The smallest absolute Gasteiger partial charge is 0.120 e. The van der Waals surface area contributed by atoms with Gasteiger partial charge < -0.3 is 20.1 Å².